The lowest BCUT2D eigenvalue weighted by Crippen LogP contribution is -2.31. The first kappa shape index (κ1) is 18.4. The highest BCUT2D eigenvalue weighted by Crippen LogP contribution is 2.10. The maximum absolute atomic E-state index is 12.1. The van der Waals surface area contributed by atoms with Crippen LogP contribution in [0.25, 0.3) is 0 Å². The second kappa shape index (κ2) is 8.81. The van der Waals surface area contributed by atoms with Crippen LogP contribution in [0.15, 0.2) is 30.6 Å². The molecule has 1 aromatic carbocycles. The van der Waals surface area contributed by atoms with E-state index in [1.165, 1.54) is 6.33 Å². The topological polar surface area (TPSA) is 101 Å². The molecular weight excluding hydrogens is 320 g/mol. The van der Waals surface area contributed by atoms with Crippen LogP contribution in [0.4, 0.5) is 10.5 Å². The van der Waals surface area contributed by atoms with E-state index in [2.05, 4.69) is 26.0 Å². The van der Waals surface area contributed by atoms with Gasteiger partial charge in [0.25, 0.3) is 5.91 Å². The van der Waals surface area contributed by atoms with Crippen molar-refractivity contribution in [3.05, 3.63) is 42.0 Å². The number of anilines is 1. The molecule has 3 amide bonds. The zero-order chi connectivity index (χ0) is 18.2. The highest BCUT2D eigenvalue weighted by Gasteiger charge is 2.08. The Morgan fingerprint density at radius 2 is 2.04 bits per heavy atom. The van der Waals surface area contributed by atoms with Crippen LogP contribution in [0, 0.1) is 5.92 Å². The standard InChI is InChI=1S/C17H24N6O2/c1-12(2)10-19-16(24)13-5-4-6-14(9-13)22-17(25)18-8-7-15-20-11-21-23(15)3/h4-6,9,11-12H,7-8,10H2,1-3H3,(H,19,24)(H2,18,22,25). The summed E-state index contributed by atoms with van der Waals surface area (Å²) in [6, 6.07) is 6.51. The summed E-state index contributed by atoms with van der Waals surface area (Å²) in [6.07, 6.45) is 2.06. The van der Waals surface area contributed by atoms with Crippen molar-refractivity contribution in [3.8, 4) is 0 Å². The Hall–Kier alpha value is -2.90. The number of nitrogens with one attached hydrogen (secondary N) is 3. The fourth-order valence-corrected chi connectivity index (χ4v) is 2.15. The number of rotatable bonds is 7. The Morgan fingerprint density at radius 3 is 2.72 bits per heavy atom. The zero-order valence-corrected chi connectivity index (χ0v) is 14.7. The summed E-state index contributed by atoms with van der Waals surface area (Å²) in [7, 11) is 1.80. The molecule has 134 valence electrons. The van der Waals surface area contributed by atoms with Crippen LogP contribution in [0.1, 0.15) is 30.0 Å². The zero-order valence-electron chi connectivity index (χ0n) is 14.7. The number of urea groups is 1. The predicted molar refractivity (Wildman–Crippen MR) is 95.3 cm³/mol. The highest BCUT2D eigenvalue weighted by atomic mass is 16.2. The molecule has 8 nitrogen and oxygen atoms in total. The van der Waals surface area contributed by atoms with Crippen LogP contribution >= 0.6 is 0 Å². The smallest absolute Gasteiger partial charge is 0.319 e. The Bertz CT molecular complexity index is 725. The summed E-state index contributed by atoms with van der Waals surface area (Å²) < 4.78 is 1.67. The first-order valence-corrected chi connectivity index (χ1v) is 8.21. The number of nitrogens with zero attached hydrogens (tertiary/aromatic N) is 3. The Balaban J connectivity index is 1.83. The van der Waals surface area contributed by atoms with Gasteiger partial charge in [0.1, 0.15) is 12.2 Å². The maximum Gasteiger partial charge on any atom is 0.319 e. The molecule has 0 unspecified atom stereocenters. The average molecular weight is 344 g/mol. The third-order valence-corrected chi connectivity index (χ3v) is 3.49. The number of aromatic nitrogens is 3. The molecule has 1 aromatic heterocycles. The lowest BCUT2D eigenvalue weighted by molar-refractivity contribution is 0.0949. The lowest BCUT2D eigenvalue weighted by Gasteiger charge is -2.10. The first-order valence-electron chi connectivity index (χ1n) is 8.21. The van der Waals surface area contributed by atoms with Gasteiger partial charge in [0.05, 0.1) is 0 Å². The van der Waals surface area contributed by atoms with Crippen molar-refractivity contribution in [1.82, 2.24) is 25.4 Å². The third kappa shape index (κ3) is 5.91. The summed E-state index contributed by atoms with van der Waals surface area (Å²) in [6.45, 7) is 5.11. The number of amides is 3. The van der Waals surface area contributed by atoms with Gasteiger partial charge < -0.3 is 16.0 Å². The van der Waals surface area contributed by atoms with E-state index in [1.54, 1.807) is 36.0 Å². The Kier molecular flexibility index (Phi) is 6.50. The summed E-state index contributed by atoms with van der Waals surface area (Å²) in [5.74, 6) is 1.02. The van der Waals surface area contributed by atoms with Gasteiger partial charge in [0.15, 0.2) is 0 Å². The molecule has 0 saturated carbocycles. The molecule has 25 heavy (non-hydrogen) atoms. The molecule has 0 atom stereocenters. The van der Waals surface area contributed by atoms with Crippen LogP contribution in [0.5, 0.6) is 0 Å². The molecule has 0 spiro atoms. The van der Waals surface area contributed by atoms with Gasteiger partial charge in [0.2, 0.25) is 0 Å². The molecule has 0 aliphatic carbocycles. The first-order chi connectivity index (χ1) is 12.0. The lowest BCUT2D eigenvalue weighted by atomic mass is 10.1. The molecule has 0 saturated heterocycles. The van der Waals surface area contributed by atoms with Crippen LogP contribution in [-0.2, 0) is 13.5 Å². The van der Waals surface area contributed by atoms with Crippen molar-refractivity contribution in [1.29, 1.82) is 0 Å². The molecule has 0 fully saturated rings. The van der Waals surface area contributed by atoms with Crippen LogP contribution in [0.3, 0.4) is 0 Å². The van der Waals surface area contributed by atoms with E-state index in [-0.39, 0.29) is 11.9 Å². The number of hydrogen-bond donors (Lipinski definition) is 3. The summed E-state index contributed by atoms with van der Waals surface area (Å²) >= 11 is 0. The van der Waals surface area contributed by atoms with E-state index >= 15 is 0 Å². The fraction of sp³-hybridized carbons (Fsp3) is 0.412. The molecule has 0 radical (unpaired) electrons. The van der Waals surface area contributed by atoms with Crippen molar-refractivity contribution >= 4 is 17.6 Å². The minimum absolute atomic E-state index is 0.153. The second-order valence-electron chi connectivity index (χ2n) is 6.12. The molecule has 2 aromatic rings. The van der Waals surface area contributed by atoms with E-state index in [0.717, 1.165) is 5.82 Å². The average Bonchev–Trinajstić information content (AvgIpc) is 2.98. The predicted octanol–water partition coefficient (Wildman–Crippen LogP) is 1.57. The van der Waals surface area contributed by atoms with Gasteiger partial charge in [-0.05, 0) is 24.1 Å². The Morgan fingerprint density at radius 1 is 1.24 bits per heavy atom. The summed E-state index contributed by atoms with van der Waals surface area (Å²) in [4.78, 5) is 28.1. The van der Waals surface area contributed by atoms with Gasteiger partial charge in [-0.2, -0.15) is 5.10 Å². The minimum Gasteiger partial charge on any atom is -0.352 e. The highest BCUT2D eigenvalue weighted by molar-refractivity contribution is 5.96. The molecule has 1 heterocycles. The monoisotopic (exact) mass is 344 g/mol. The third-order valence-electron chi connectivity index (χ3n) is 3.49. The van der Waals surface area contributed by atoms with Crippen molar-refractivity contribution in [2.24, 2.45) is 13.0 Å². The molecule has 0 aliphatic rings. The minimum atomic E-state index is -0.332. The van der Waals surface area contributed by atoms with Crippen molar-refractivity contribution in [2.45, 2.75) is 20.3 Å². The van der Waals surface area contributed by atoms with Gasteiger partial charge >= 0.3 is 6.03 Å². The van der Waals surface area contributed by atoms with E-state index < -0.39 is 0 Å². The van der Waals surface area contributed by atoms with E-state index in [4.69, 9.17) is 0 Å². The van der Waals surface area contributed by atoms with Gasteiger partial charge in [-0.1, -0.05) is 19.9 Å². The van der Waals surface area contributed by atoms with E-state index in [1.807, 2.05) is 13.8 Å². The molecule has 8 heteroatoms. The number of hydrogen-bond acceptors (Lipinski definition) is 4. The van der Waals surface area contributed by atoms with Gasteiger partial charge in [-0.25, -0.2) is 9.78 Å². The number of carbonyl (C=O) groups excluding carboxylic acids is 2. The second-order valence-corrected chi connectivity index (χ2v) is 6.12. The van der Waals surface area contributed by atoms with Gasteiger partial charge in [-0.3, -0.25) is 9.48 Å². The van der Waals surface area contributed by atoms with Crippen molar-refractivity contribution in [2.75, 3.05) is 18.4 Å². The number of benzene rings is 1. The molecule has 2 rings (SSSR count). The van der Waals surface area contributed by atoms with Crippen molar-refractivity contribution < 1.29 is 9.59 Å². The Labute approximate surface area is 147 Å². The fourth-order valence-electron chi connectivity index (χ4n) is 2.15. The van der Waals surface area contributed by atoms with Crippen LogP contribution < -0.4 is 16.0 Å². The number of carbonyl (C=O) groups is 2. The SMILES string of the molecule is CC(C)CNC(=O)c1cccc(NC(=O)NCCc2ncnn2C)c1. The van der Waals surface area contributed by atoms with Gasteiger partial charge in [0, 0.05) is 37.8 Å². The molecule has 0 bridgehead atoms. The van der Waals surface area contributed by atoms with Crippen LogP contribution in [-0.4, -0.2) is 39.8 Å². The molecular formula is C17H24N6O2. The van der Waals surface area contributed by atoms with Crippen LogP contribution in [0.2, 0.25) is 0 Å². The quantitative estimate of drug-likeness (QED) is 0.709. The molecule has 0 aliphatic heterocycles. The van der Waals surface area contributed by atoms with Gasteiger partial charge in [-0.15, -0.1) is 0 Å². The summed E-state index contributed by atoms with van der Waals surface area (Å²) in [5, 5.41) is 12.3. The number of aryl methyl sites for hydroxylation is 1. The van der Waals surface area contributed by atoms with E-state index in [0.29, 0.717) is 36.7 Å². The maximum atomic E-state index is 12.1. The summed E-state index contributed by atoms with van der Waals surface area (Å²) in [5.41, 5.74) is 1.07. The van der Waals surface area contributed by atoms with E-state index in [9.17, 15) is 9.59 Å². The molecule has 3 N–H and O–H groups in total. The van der Waals surface area contributed by atoms with Crippen molar-refractivity contribution in [3.63, 3.8) is 0 Å². The normalized spacial score (nSPS) is 10.6. The largest absolute Gasteiger partial charge is 0.352 e.